The van der Waals surface area contributed by atoms with Crippen LogP contribution in [-0.4, -0.2) is 54.2 Å². The Morgan fingerprint density at radius 1 is 1.20 bits per heavy atom. The van der Waals surface area contributed by atoms with Gasteiger partial charge in [0.05, 0.1) is 5.69 Å². The van der Waals surface area contributed by atoms with E-state index in [0.29, 0.717) is 24.5 Å². The Kier molecular flexibility index (Phi) is 6.31. The number of hydrogen-bond acceptors (Lipinski definition) is 5. The van der Waals surface area contributed by atoms with Crippen molar-refractivity contribution < 1.29 is 13.2 Å². The van der Waals surface area contributed by atoms with Crippen LogP contribution in [0.3, 0.4) is 0 Å². The van der Waals surface area contributed by atoms with Crippen LogP contribution in [0.15, 0.2) is 36.9 Å². The second-order valence-electron chi connectivity index (χ2n) is 5.40. The maximum absolute atomic E-state index is 11.9. The largest absolute Gasteiger partial charge is 0.338 e. The summed E-state index contributed by atoms with van der Waals surface area (Å²) in [6, 6.07) is 6.09. The summed E-state index contributed by atoms with van der Waals surface area (Å²) < 4.78 is 28.9. The average molecular weight is 367 g/mol. The van der Waals surface area contributed by atoms with Gasteiger partial charge in [-0.2, -0.15) is 12.7 Å². The van der Waals surface area contributed by atoms with Crippen molar-refractivity contribution in [3.05, 3.63) is 36.9 Å². The number of carbonyl (C=O) groups excluding carboxylic acids is 1. The monoisotopic (exact) mass is 367 g/mol. The lowest BCUT2D eigenvalue weighted by molar-refractivity contribution is 0.252. The molecule has 0 saturated carbocycles. The molecule has 0 radical (unpaired) electrons. The van der Waals surface area contributed by atoms with Crippen molar-refractivity contribution in [2.45, 2.75) is 13.0 Å². The standard InChI is InChI=1S/C14H21N7O3S/c1-20(2)25(23,24)19-13-6-3-5-12(9-13)18-14(22)15-7-4-8-21-10-16-17-11-21/h3,5-6,9-11,19H,4,7-8H2,1-2H3,(H2,15,18,22). The summed E-state index contributed by atoms with van der Waals surface area (Å²) in [5.41, 5.74) is 0.842. The van der Waals surface area contributed by atoms with Crippen LogP contribution in [0.25, 0.3) is 0 Å². The maximum Gasteiger partial charge on any atom is 0.319 e. The van der Waals surface area contributed by atoms with E-state index in [1.54, 1.807) is 30.9 Å². The highest BCUT2D eigenvalue weighted by Gasteiger charge is 2.13. The van der Waals surface area contributed by atoms with Crippen LogP contribution in [-0.2, 0) is 16.8 Å². The molecule has 1 aromatic heterocycles. The molecule has 25 heavy (non-hydrogen) atoms. The lowest BCUT2D eigenvalue weighted by atomic mass is 10.3. The van der Waals surface area contributed by atoms with Gasteiger partial charge in [-0.25, -0.2) is 4.79 Å². The van der Waals surface area contributed by atoms with Gasteiger partial charge in [-0.05, 0) is 24.6 Å². The van der Waals surface area contributed by atoms with Crippen LogP contribution >= 0.6 is 0 Å². The highest BCUT2D eigenvalue weighted by atomic mass is 32.2. The third kappa shape index (κ3) is 6.04. The van der Waals surface area contributed by atoms with E-state index in [1.807, 2.05) is 4.57 Å². The lowest BCUT2D eigenvalue weighted by Crippen LogP contribution is -2.30. The first-order chi connectivity index (χ1) is 11.9. The van der Waals surface area contributed by atoms with E-state index in [2.05, 4.69) is 25.6 Å². The number of nitrogens with one attached hydrogen (secondary N) is 3. The summed E-state index contributed by atoms with van der Waals surface area (Å²) in [6.07, 6.45) is 3.95. The molecule has 2 amide bonds. The van der Waals surface area contributed by atoms with Gasteiger partial charge in [-0.15, -0.1) is 10.2 Å². The fourth-order valence-corrected chi connectivity index (χ4v) is 2.48. The maximum atomic E-state index is 11.9. The number of hydrogen-bond donors (Lipinski definition) is 3. The van der Waals surface area contributed by atoms with E-state index in [9.17, 15) is 13.2 Å². The van der Waals surface area contributed by atoms with Crippen molar-refractivity contribution >= 4 is 27.6 Å². The number of rotatable bonds is 8. The van der Waals surface area contributed by atoms with E-state index in [1.165, 1.54) is 20.2 Å². The van der Waals surface area contributed by atoms with Gasteiger partial charge >= 0.3 is 16.2 Å². The van der Waals surface area contributed by atoms with Crippen molar-refractivity contribution in [1.29, 1.82) is 0 Å². The van der Waals surface area contributed by atoms with E-state index in [0.717, 1.165) is 10.7 Å². The Bertz CT molecular complexity index is 791. The van der Waals surface area contributed by atoms with Crippen LogP contribution < -0.4 is 15.4 Å². The molecule has 0 aliphatic carbocycles. The normalized spacial score (nSPS) is 11.3. The van der Waals surface area contributed by atoms with Crippen LogP contribution in [0.2, 0.25) is 0 Å². The smallest absolute Gasteiger partial charge is 0.319 e. The minimum absolute atomic E-state index is 0.360. The van der Waals surface area contributed by atoms with Crippen LogP contribution in [0, 0.1) is 0 Å². The molecular weight excluding hydrogens is 346 g/mol. The van der Waals surface area contributed by atoms with Gasteiger partial charge < -0.3 is 15.2 Å². The summed E-state index contributed by atoms with van der Waals surface area (Å²) in [5.74, 6) is 0. The second-order valence-corrected chi connectivity index (χ2v) is 7.29. The minimum Gasteiger partial charge on any atom is -0.338 e. The van der Waals surface area contributed by atoms with Crippen molar-refractivity contribution in [2.75, 3.05) is 30.7 Å². The third-order valence-electron chi connectivity index (χ3n) is 3.19. The number of nitrogens with zero attached hydrogens (tertiary/aromatic N) is 4. The predicted octanol–water partition coefficient (Wildman–Crippen LogP) is 0.708. The first-order valence-electron chi connectivity index (χ1n) is 7.54. The van der Waals surface area contributed by atoms with Gasteiger partial charge in [-0.3, -0.25) is 4.72 Å². The first-order valence-corrected chi connectivity index (χ1v) is 8.98. The fourth-order valence-electron chi connectivity index (χ4n) is 1.88. The summed E-state index contributed by atoms with van der Waals surface area (Å²) in [6.45, 7) is 1.19. The molecule has 2 rings (SSSR count). The number of aromatic nitrogens is 3. The number of aryl methyl sites for hydroxylation is 1. The number of urea groups is 1. The Morgan fingerprint density at radius 2 is 1.88 bits per heavy atom. The molecule has 0 fully saturated rings. The van der Waals surface area contributed by atoms with Crippen LogP contribution in [0.1, 0.15) is 6.42 Å². The van der Waals surface area contributed by atoms with Gasteiger partial charge in [0.1, 0.15) is 12.7 Å². The molecule has 0 saturated heterocycles. The topological polar surface area (TPSA) is 121 Å². The molecule has 0 aliphatic heterocycles. The quantitative estimate of drug-likeness (QED) is 0.593. The summed E-state index contributed by atoms with van der Waals surface area (Å²) >= 11 is 0. The molecule has 136 valence electrons. The highest BCUT2D eigenvalue weighted by molar-refractivity contribution is 7.90. The van der Waals surface area contributed by atoms with Crippen molar-refractivity contribution in [1.82, 2.24) is 24.4 Å². The molecular formula is C14H21N7O3S. The second kappa shape index (κ2) is 8.44. The SMILES string of the molecule is CN(C)S(=O)(=O)Nc1cccc(NC(=O)NCCCn2cnnc2)c1. The fraction of sp³-hybridized carbons (Fsp3) is 0.357. The molecule has 1 heterocycles. The summed E-state index contributed by atoms with van der Waals surface area (Å²) in [4.78, 5) is 11.9. The van der Waals surface area contributed by atoms with Crippen molar-refractivity contribution in [3.63, 3.8) is 0 Å². The molecule has 0 bridgehead atoms. The molecule has 0 atom stereocenters. The van der Waals surface area contributed by atoms with Crippen molar-refractivity contribution in [3.8, 4) is 0 Å². The van der Waals surface area contributed by atoms with Crippen LogP contribution in [0.5, 0.6) is 0 Å². The van der Waals surface area contributed by atoms with E-state index in [4.69, 9.17) is 0 Å². The summed E-state index contributed by atoms with van der Waals surface area (Å²) in [7, 11) is -0.737. The minimum atomic E-state index is -3.59. The molecule has 0 aliphatic rings. The van der Waals surface area contributed by atoms with Gasteiger partial charge in [0, 0.05) is 32.9 Å². The average Bonchev–Trinajstić information content (AvgIpc) is 3.04. The van der Waals surface area contributed by atoms with Crippen molar-refractivity contribution in [2.24, 2.45) is 0 Å². The third-order valence-corrected chi connectivity index (χ3v) is 4.65. The number of benzene rings is 1. The molecule has 10 nitrogen and oxygen atoms in total. The van der Waals surface area contributed by atoms with Gasteiger partial charge in [0.25, 0.3) is 0 Å². The number of amides is 2. The predicted molar refractivity (Wildman–Crippen MR) is 94.3 cm³/mol. The Labute approximate surface area is 146 Å². The zero-order valence-electron chi connectivity index (χ0n) is 14.0. The van der Waals surface area contributed by atoms with E-state index < -0.39 is 10.2 Å². The molecule has 0 spiro atoms. The number of carbonyl (C=O) groups is 1. The molecule has 3 N–H and O–H groups in total. The van der Waals surface area contributed by atoms with Gasteiger partial charge in [0.15, 0.2) is 0 Å². The van der Waals surface area contributed by atoms with E-state index in [-0.39, 0.29) is 6.03 Å². The zero-order chi connectivity index (χ0) is 18.3. The molecule has 0 unspecified atom stereocenters. The zero-order valence-corrected chi connectivity index (χ0v) is 14.8. The molecule has 2 aromatic rings. The lowest BCUT2D eigenvalue weighted by Gasteiger charge is -2.14. The Balaban J connectivity index is 1.81. The van der Waals surface area contributed by atoms with Gasteiger partial charge in [-0.1, -0.05) is 6.07 Å². The van der Waals surface area contributed by atoms with Crippen LogP contribution in [0.4, 0.5) is 16.2 Å². The highest BCUT2D eigenvalue weighted by Crippen LogP contribution is 2.16. The Hall–Kier alpha value is -2.66. The van der Waals surface area contributed by atoms with E-state index >= 15 is 0 Å². The number of anilines is 2. The first kappa shape index (κ1) is 18.7. The molecule has 11 heteroatoms. The van der Waals surface area contributed by atoms with Gasteiger partial charge in [0.2, 0.25) is 0 Å². The Morgan fingerprint density at radius 3 is 2.56 bits per heavy atom. The summed E-state index contributed by atoms with van der Waals surface area (Å²) in [5, 5.41) is 12.8. The molecule has 1 aromatic carbocycles.